The van der Waals surface area contributed by atoms with Gasteiger partial charge in [-0.25, -0.2) is 0 Å². The van der Waals surface area contributed by atoms with Crippen molar-refractivity contribution in [2.75, 3.05) is 5.32 Å². The molecule has 5 nitrogen and oxygen atoms in total. The van der Waals surface area contributed by atoms with Crippen molar-refractivity contribution in [3.05, 3.63) is 64.0 Å². The Morgan fingerprint density at radius 1 is 1.16 bits per heavy atom. The van der Waals surface area contributed by atoms with E-state index in [4.69, 9.17) is 27.7 Å². The first-order valence-corrected chi connectivity index (χ1v) is 8.41. The molecule has 0 atom stereocenters. The van der Waals surface area contributed by atoms with E-state index in [1.165, 1.54) is 0 Å². The second-order valence-corrected chi connectivity index (χ2v) is 6.46. The lowest BCUT2D eigenvalue weighted by molar-refractivity contribution is -0.116. The number of amides is 1. The van der Waals surface area contributed by atoms with Crippen molar-refractivity contribution in [3.8, 4) is 11.4 Å². The highest BCUT2D eigenvalue weighted by molar-refractivity contribution is 6.35. The topological polar surface area (TPSA) is 68.0 Å². The van der Waals surface area contributed by atoms with Gasteiger partial charge in [0.05, 0.1) is 0 Å². The van der Waals surface area contributed by atoms with E-state index in [2.05, 4.69) is 15.5 Å². The largest absolute Gasteiger partial charge is 0.339 e. The number of anilines is 1. The first kappa shape index (κ1) is 17.5. The summed E-state index contributed by atoms with van der Waals surface area (Å²) in [6.45, 7) is 2.00. The van der Waals surface area contributed by atoms with Crippen molar-refractivity contribution in [1.82, 2.24) is 10.1 Å². The Hall–Kier alpha value is -2.37. The van der Waals surface area contributed by atoms with E-state index >= 15 is 0 Å². The molecule has 0 saturated carbocycles. The van der Waals surface area contributed by atoms with E-state index in [-0.39, 0.29) is 12.3 Å². The maximum Gasteiger partial charge on any atom is 0.227 e. The first-order chi connectivity index (χ1) is 12.0. The fourth-order valence-electron chi connectivity index (χ4n) is 2.33. The number of halogens is 2. The third-order valence-corrected chi connectivity index (χ3v) is 3.89. The summed E-state index contributed by atoms with van der Waals surface area (Å²) in [5.74, 6) is 0.741. The van der Waals surface area contributed by atoms with Gasteiger partial charge in [0.2, 0.25) is 17.6 Å². The molecule has 0 aliphatic rings. The summed E-state index contributed by atoms with van der Waals surface area (Å²) in [5, 5.41) is 7.62. The van der Waals surface area contributed by atoms with E-state index in [9.17, 15) is 4.79 Å². The number of aromatic nitrogens is 2. The fraction of sp³-hybridized carbons (Fsp3) is 0.167. The molecule has 2 aromatic carbocycles. The smallest absolute Gasteiger partial charge is 0.227 e. The van der Waals surface area contributed by atoms with Crippen LogP contribution in [0.4, 0.5) is 5.69 Å². The molecule has 0 spiro atoms. The lowest BCUT2D eigenvalue weighted by Gasteiger charge is -2.05. The van der Waals surface area contributed by atoms with Gasteiger partial charge in [0, 0.05) is 34.1 Å². The zero-order chi connectivity index (χ0) is 17.8. The van der Waals surface area contributed by atoms with E-state index < -0.39 is 0 Å². The summed E-state index contributed by atoms with van der Waals surface area (Å²) in [7, 11) is 0. The molecule has 0 aliphatic heterocycles. The number of benzene rings is 2. The second kappa shape index (κ2) is 7.68. The molecular weight excluding hydrogens is 361 g/mol. The predicted molar refractivity (Wildman–Crippen MR) is 97.9 cm³/mol. The molecule has 1 aromatic heterocycles. The van der Waals surface area contributed by atoms with Crippen LogP contribution in [-0.2, 0) is 11.2 Å². The maximum absolute atomic E-state index is 12.0. The van der Waals surface area contributed by atoms with Crippen LogP contribution < -0.4 is 5.32 Å². The number of carbonyl (C=O) groups is 1. The van der Waals surface area contributed by atoms with Crippen LogP contribution in [0.25, 0.3) is 11.4 Å². The summed E-state index contributed by atoms with van der Waals surface area (Å²) in [4.78, 5) is 16.4. The van der Waals surface area contributed by atoms with E-state index in [1.54, 1.807) is 18.2 Å². The molecular formula is C18H15Cl2N3O2. The number of aryl methyl sites for hydroxylation is 2. The summed E-state index contributed by atoms with van der Waals surface area (Å²) in [6, 6.07) is 12.7. The van der Waals surface area contributed by atoms with Crippen molar-refractivity contribution in [2.24, 2.45) is 0 Å². The minimum absolute atomic E-state index is 0.186. The lowest BCUT2D eigenvalue weighted by atomic mass is 10.1. The van der Waals surface area contributed by atoms with Gasteiger partial charge in [-0.1, -0.05) is 52.1 Å². The summed E-state index contributed by atoms with van der Waals surface area (Å²) in [5.41, 5.74) is 2.55. The van der Waals surface area contributed by atoms with Crippen molar-refractivity contribution < 1.29 is 9.32 Å². The lowest BCUT2D eigenvalue weighted by Crippen LogP contribution is -2.12. The first-order valence-electron chi connectivity index (χ1n) is 7.65. The number of rotatable bonds is 5. The van der Waals surface area contributed by atoms with Crippen LogP contribution in [0.1, 0.15) is 17.9 Å². The summed E-state index contributed by atoms with van der Waals surface area (Å²) < 4.78 is 5.21. The second-order valence-electron chi connectivity index (χ2n) is 5.59. The molecule has 0 aliphatic carbocycles. The minimum atomic E-state index is -0.186. The minimum Gasteiger partial charge on any atom is -0.339 e. The van der Waals surface area contributed by atoms with Crippen LogP contribution >= 0.6 is 23.2 Å². The Labute approximate surface area is 155 Å². The molecule has 1 amide bonds. The van der Waals surface area contributed by atoms with Crippen LogP contribution in [0.5, 0.6) is 0 Å². The van der Waals surface area contributed by atoms with Crippen LogP contribution in [0.2, 0.25) is 10.0 Å². The Morgan fingerprint density at radius 3 is 2.64 bits per heavy atom. The van der Waals surface area contributed by atoms with Crippen LogP contribution in [0.15, 0.2) is 47.0 Å². The quantitative estimate of drug-likeness (QED) is 0.686. The summed E-state index contributed by atoms with van der Waals surface area (Å²) in [6.07, 6.45) is 0.554. The van der Waals surface area contributed by atoms with Gasteiger partial charge in [-0.05, 0) is 31.2 Å². The van der Waals surface area contributed by atoms with Gasteiger partial charge in [-0.15, -0.1) is 0 Å². The van der Waals surface area contributed by atoms with Crippen LogP contribution in [0.3, 0.4) is 0 Å². The highest BCUT2D eigenvalue weighted by Crippen LogP contribution is 2.23. The van der Waals surface area contributed by atoms with Crippen molar-refractivity contribution in [2.45, 2.75) is 19.8 Å². The van der Waals surface area contributed by atoms with E-state index in [0.717, 1.165) is 11.1 Å². The Kier molecular flexibility index (Phi) is 5.36. The molecule has 3 rings (SSSR count). The van der Waals surface area contributed by atoms with Crippen LogP contribution in [-0.4, -0.2) is 16.0 Å². The number of hydrogen-bond donors (Lipinski definition) is 1. The molecule has 0 unspecified atom stereocenters. The molecule has 25 heavy (non-hydrogen) atoms. The predicted octanol–water partition coefficient (Wildman–Crippen LogP) is 4.92. The Balaban J connectivity index is 1.59. The van der Waals surface area contributed by atoms with Gasteiger partial charge in [0.1, 0.15) is 0 Å². The third-order valence-electron chi connectivity index (χ3n) is 3.46. The van der Waals surface area contributed by atoms with E-state index in [0.29, 0.717) is 33.9 Å². The maximum atomic E-state index is 12.0. The molecule has 1 N–H and O–H groups in total. The number of nitrogens with one attached hydrogen (secondary N) is 1. The average Bonchev–Trinajstić information content (AvgIpc) is 3.01. The van der Waals surface area contributed by atoms with Gasteiger partial charge in [-0.3, -0.25) is 4.79 Å². The van der Waals surface area contributed by atoms with Gasteiger partial charge in [0.25, 0.3) is 0 Å². The number of carbonyl (C=O) groups excluding carboxylic acids is 1. The zero-order valence-corrected chi connectivity index (χ0v) is 14.9. The SMILES string of the molecule is Cc1cccc(-c2noc(CCC(=O)Nc3cc(Cl)cc(Cl)c3)n2)c1. The van der Waals surface area contributed by atoms with Gasteiger partial charge in [-0.2, -0.15) is 4.98 Å². The van der Waals surface area contributed by atoms with Crippen LogP contribution in [0, 0.1) is 6.92 Å². The standard InChI is InChI=1S/C18H15Cl2N3O2/c1-11-3-2-4-12(7-11)18-22-17(25-23-18)6-5-16(24)21-15-9-13(19)8-14(20)10-15/h2-4,7-10H,5-6H2,1H3,(H,21,24). The van der Waals surface area contributed by atoms with Crippen molar-refractivity contribution in [3.63, 3.8) is 0 Å². The number of hydrogen-bond acceptors (Lipinski definition) is 4. The molecule has 128 valence electrons. The molecule has 7 heteroatoms. The normalized spacial score (nSPS) is 10.7. The fourth-order valence-corrected chi connectivity index (χ4v) is 2.85. The highest BCUT2D eigenvalue weighted by atomic mass is 35.5. The van der Waals surface area contributed by atoms with Crippen molar-refractivity contribution >= 4 is 34.8 Å². The van der Waals surface area contributed by atoms with Gasteiger partial charge in [0.15, 0.2) is 0 Å². The Bertz CT molecular complexity index is 889. The highest BCUT2D eigenvalue weighted by Gasteiger charge is 2.11. The van der Waals surface area contributed by atoms with Gasteiger partial charge < -0.3 is 9.84 Å². The van der Waals surface area contributed by atoms with E-state index in [1.807, 2.05) is 31.2 Å². The monoisotopic (exact) mass is 375 g/mol. The third kappa shape index (κ3) is 4.81. The summed E-state index contributed by atoms with van der Waals surface area (Å²) >= 11 is 11.8. The zero-order valence-electron chi connectivity index (χ0n) is 13.4. The average molecular weight is 376 g/mol. The van der Waals surface area contributed by atoms with Gasteiger partial charge >= 0.3 is 0 Å². The molecule has 0 radical (unpaired) electrons. The number of nitrogens with zero attached hydrogens (tertiary/aromatic N) is 2. The molecule has 0 bridgehead atoms. The Morgan fingerprint density at radius 2 is 1.92 bits per heavy atom. The molecule has 0 saturated heterocycles. The molecule has 0 fully saturated rings. The van der Waals surface area contributed by atoms with Crippen molar-refractivity contribution in [1.29, 1.82) is 0 Å². The molecule has 3 aromatic rings. The molecule has 1 heterocycles.